The van der Waals surface area contributed by atoms with Crippen LogP contribution in [0.1, 0.15) is 55.4 Å². The van der Waals surface area contributed by atoms with E-state index in [1.807, 2.05) is 6.92 Å². The second-order valence-electron chi connectivity index (χ2n) is 6.45. The molecule has 0 spiro atoms. The van der Waals surface area contributed by atoms with Gasteiger partial charge in [-0.05, 0) is 48.9 Å². The summed E-state index contributed by atoms with van der Waals surface area (Å²) in [5, 5.41) is 0. The molecule has 140 valence electrons. The first-order valence-electron chi connectivity index (χ1n) is 9.06. The molecule has 0 aliphatic carbocycles. The fourth-order valence-corrected chi connectivity index (χ4v) is 2.88. The molecule has 0 aromatic heterocycles. The van der Waals surface area contributed by atoms with Crippen molar-refractivity contribution in [3.05, 3.63) is 76.1 Å². The molecule has 0 nitrogen and oxygen atoms in total. The van der Waals surface area contributed by atoms with Crippen molar-refractivity contribution in [2.24, 2.45) is 0 Å². The molecule has 4 heteroatoms. The Hall–Kier alpha value is -2.10. The molecule has 0 N–H and O–H groups in total. The number of hydrogen-bond donors (Lipinski definition) is 0. The molecule has 0 saturated heterocycles. The third kappa shape index (κ3) is 5.20. The summed E-state index contributed by atoms with van der Waals surface area (Å²) in [6.07, 6.45) is 2.73. The van der Waals surface area contributed by atoms with Crippen molar-refractivity contribution in [2.75, 3.05) is 0 Å². The van der Waals surface area contributed by atoms with Gasteiger partial charge in [-0.2, -0.15) is 0 Å². The highest BCUT2D eigenvalue weighted by atomic mass is 19.2. The minimum Gasteiger partial charge on any atom is -0.209 e. The van der Waals surface area contributed by atoms with Crippen LogP contribution in [0.15, 0.2) is 42.2 Å². The quantitative estimate of drug-likeness (QED) is 0.438. The molecule has 0 fully saturated rings. The summed E-state index contributed by atoms with van der Waals surface area (Å²) in [4.78, 5) is 0. The van der Waals surface area contributed by atoms with Crippen molar-refractivity contribution < 1.29 is 17.6 Å². The second kappa shape index (κ2) is 9.56. The monoisotopic (exact) mass is 364 g/mol. The van der Waals surface area contributed by atoms with Gasteiger partial charge in [0.15, 0.2) is 5.83 Å². The van der Waals surface area contributed by atoms with Crippen LogP contribution in [0.4, 0.5) is 17.6 Å². The highest BCUT2D eigenvalue weighted by Crippen LogP contribution is 2.25. The van der Waals surface area contributed by atoms with Crippen LogP contribution in [0.25, 0.3) is 5.83 Å². The smallest absolute Gasteiger partial charge is 0.161 e. The molecule has 2 rings (SSSR count). The van der Waals surface area contributed by atoms with Crippen molar-refractivity contribution in [3.63, 3.8) is 0 Å². The lowest BCUT2D eigenvalue weighted by molar-refractivity contribution is 0.549. The van der Waals surface area contributed by atoms with Gasteiger partial charge >= 0.3 is 0 Å². The Balaban J connectivity index is 2.05. The molecular weight excluding hydrogens is 340 g/mol. The zero-order chi connectivity index (χ0) is 19.1. The van der Waals surface area contributed by atoms with Crippen LogP contribution >= 0.6 is 0 Å². The Bertz CT molecular complexity index is 737. The minimum atomic E-state index is -0.825. The van der Waals surface area contributed by atoms with Crippen LogP contribution in [0.3, 0.4) is 0 Å². The maximum Gasteiger partial charge on any atom is 0.161 e. The molecule has 2 aromatic rings. The average molecular weight is 364 g/mol. The number of hydrogen-bond acceptors (Lipinski definition) is 0. The van der Waals surface area contributed by atoms with E-state index in [2.05, 4.69) is 0 Å². The Labute approximate surface area is 152 Å². The van der Waals surface area contributed by atoms with Crippen molar-refractivity contribution in [1.29, 1.82) is 0 Å². The molecular formula is C22H24F4. The molecule has 0 aliphatic rings. The summed E-state index contributed by atoms with van der Waals surface area (Å²) < 4.78 is 55.4. The van der Waals surface area contributed by atoms with Gasteiger partial charge in [0.25, 0.3) is 0 Å². The normalized spacial score (nSPS) is 12.2. The minimum absolute atomic E-state index is 0.0821. The summed E-state index contributed by atoms with van der Waals surface area (Å²) in [5.74, 6) is -2.57. The molecule has 26 heavy (non-hydrogen) atoms. The molecule has 0 saturated carbocycles. The zero-order valence-electron chi connectivity index (χ0n) is 15.2. The van der Waals surface area contributed by atoms with Gasteiger partial charge in [-0.3, -0.25) is 0 Å². The molecule has 0 amide bonds. The van der Waals surface area contributed by atoms with Crippen LogP contribution < -0.4 is 0 Å². The molecule has 0 unspecified atom stereocenters. The topological polar surface area (TPSA) is 0 Å². The van der Waals surface area contributed by atoms with Gasteiger partial charge in [0, 0.05) is 17.5 Å². The fraction of sp³-hybridized carbons (Fsp3) is 0.364. The first-order valence-corrected chi connectivity index (χ1v) is 9.06. The third-order valence-corrected chi connectivity index (χ3v) is 4.32. The van der Waals surface area contributed by atoms with Crippen molar-refractivity contribution >= 4 is 5.83 Å². The van der Waals surface area contributed by atoms with Crippen molar-refractivity contribution in [1.82, 2.24) is 0 Å². The lowest BCUT2D eigenvalue weighted by Gasteiger charge is -2.08. The highest BCUT2D eigenvalue weighted by molar-refractivity contribution is 5.61. The van der Waals surface area contributed by atoms with Crippen LogP contribution in [-0.2, 0) is 19.3 Å². The molecule has 2 aromatic carbocycles. The Kier molecular flexibility index (Phi) is 7.43. The lowest BCUT2D eigenvalue weighted by Crippen LogP contribution is -2.00. The zero-order valence-corrected chi connectivity index (χ0v) is 15.2. The first kappa shape index (κ1) is 20.2. The van der Waals surface area contributed by atoms with Crippen LogP contribution in [0.2, 0.25) is 0 Å². The van der Waals surface area contributed by atoms with Gasteiger partial charge in [-0.15, -0.1) is 0 Å². The maximum atomic E-state index is 14.0. The number of aryl methyl sites for hydroxylation is 2. The fourth-order valence-electron chi connectivity index (χ4n) is 2.88. The van der Waals surface area contributed by atoms with Crippen molar-refractivity contribution in [2.45, 2.75) is 52.4 Å². The number of benzene rings is 2. The Morgan fingerprint density at radius 1 is 0.769 bits per heavy atom. The molecule has 0 bridgehead atoms. The van der Waals surface area contributed by atoms with Crippen LogP contribution in [0.5, 0.6) is 0 Å². The predicted molar refractivity (Wildman–Crippen MR) is 98.2 cm³/mol. The second-order valence-corrected chi connectivity index (χ2v) is 6.45. The molecule has 0 heterocycles. The van der Waals surface area contributed by atoms with Crippen molar-refractivity contribution in [3.8, 4) is 0 Å². The van der Waals surface area contributed by atoms with E-state index in [0.717, 1.165) is 5.56 Å². The summed E-state index contributed by atoms with van der Waals surface area (Å²) in [5.41, 5.74) is 1.83. The molecule has 0 radical (unpaired) electrons. The van der Waals surface area contributed by atoms with E-state index in [1.165, 1.54) is 24.3 Å². The van der Waals surface area contributed by atoms with Gasteiger partial charge in [0.1, 0.15) is 17.5 Å². The van der Waals surface area contributed by atoms with Gasteiger partial charge in [0.05, 0.1) is 0 Å². The third-order valence-electron chi connectivity index (χ3n) is 4.32. The largest absolute Gasteiger partial charge is 0.209 e. The van der Waals surface area contributed by atoms with E-state index in [4.69, 9.17) is 0 Å². The number of allylic oxidation sites excluding steroid dienone is 1. The van der Waals surface area contributed by atoms with E-state index in [1.54, 1.807) is 19.1 Å². The summed E-state index contributed by atoms with van der Waals surface area (Å²) in [7, 11) is 0. The predicted octanol–water partition coefficient (Wildman–Crippen LogP) is 7.11. The summed E-state index contributed by atoms with van der Waals surface area (Å²) in [6, 6.07) is 9.26. The molecule has 0 aliphatic heterocycles. The Morgan fingerprint density at radius 3 is 1.88 bits per heavy atom. The first-order chi connectivity index (χ1) is 12.5. The summed E-state index contributed by atoms with van der Waals surface area (Å²) in [6.45, 7) is 3.67. The van der Waals surface area contributed by atoms with E-state index >= 15 is 0 Å². The SMILES string of the molecule is CCC/C(F)=C(\F)c1ccc(CCc2cc(F)c(CCC)c(F)c2)cc1. The average Bonchev–Trinajstić information content (AvgIpc) is 2.63. The molecule has 0 atom stereocenters. The van der Waals surface area contributed by atoms with E-state index in [-0.39, 0.29) is 17.5 Å². The summed E-state index contributed by atoms with van der Waals surface area (Å²) >= 11 is 0. The standard InChI is InChI=1S/C22H24F4/c1-3-5-18-20(24)13-16(14-21(18)25)8-7-15-9-11-17(12-10-15)22(26)19(23)6-4-2/h9-14H,3-8H2,1-2H3/b22-19+. The van der Waals surface area contributed by atoms with Crippen LogP contribution in [-0.4, -0.2) is 0 Å². The lowest BCUT2D eigenvalue weighted by atomic mass is 10.00. The maximum absolute atomic E-state index is 14.0. The van der Waals surface area contributed by atoms with E-state index < -0.39 is 23.3 Å². The van der Waals surface area contributed by atoms with Gasteiger partial charge in [-0.25, -0.2) is 17.6 Å². The van der Waals surface area contributed by atoms with E-state index in [9.17, 15) is 17.6 Å². The number of halogens is 4. The van der Waals surface area contributed by atoms with Gasteiger partial charge in [0.2, 0.25) is 0 Å². The Morgan fingerprint density at radius 2 is 1.35 bits per heavy atom. The highest BCUT2D eigenvalue weighted by Gasteiger charge is 2.11. The van der Waals surface area contributed by atoms with Gasteiger partial charge < -0.3 is 0 Å². The van der Waals surface area contributed by atoms with E-state index in [0.29, 0.717) is 37.7 Å². The number of rotatable bonds is 8. The van der Waals surface area contributed by atoms with Gasteiger partial charge in [-0.1, -0.05) is 44.5 Å². The van der Waals surface area contributed by atoms with Crippen LogP contribution in [0, 0.1) is 11.6 Å².